The van der Waals surface area contributed by atoms with Crippen molar-refractivity contribution in [1.82, 2.24) is 4.90 Å². The molecule has 3 rings (SSSR count). The molecule has 27 heavy (non-hydrogen) atoms. The number of hydrogen-bond acceptors (Lipinski definition) is 5. The maximum Gasteiger partial charge on any atom is 0.246 e. The molecule has 0 atom stereocenters. The molecule has 1 aliphatic rings. The minimum atomic E-state index is -0.570. The third-order valence-corrected chi connectivity index (χ3v) is 4.98. The zero-order chi connectivity index (χ0) is 19.4. The normalized spacial score (nSPS) is 15.4. The second-order valence-corrected chi connectivity index (χ2v) is 6.79. The van der Waals surface area contributed by atoms with Crippen molar-refractivity contribution < 1.29 is 20.1 Å². The summed E-state index contributed by atoms with van der Waals surface area (Å²) >= 11 is 0. The van der Waals surface area contributed by atoms with Gasteiger partial charge < -0.3 is 26.0 Å². The number of phenolic OH excluding ortho intramolecular Hbond substituents is 3. The number of hydrogen-bond donors (Lipinski definition) is 4. The molecular formula is C21H24N2O4. The zero-order valence-electron chi connectivity index (χ0n) is 15.0. The molecular weight excluding hydrogens is 344 g/mol. The smallest absolute Gasteiger partial charge is 0.246 e. The van der Waals surface area contributed by atoms with Crippen LogP contribution in [-0.2, 0) is 11.3 Å². The van der Waals surface area contributed by atoms with Crippen LogP contribution < -0.4 is 5.73 Å². The van der Waals surface area contributed by atoms with Gasteiger partial charge >= 0.3 is 0 Å². The van der Waals surface area contributed by atoms with Crippen LogP contribution in [0.3, 0.4) is 0 Å². The van der Waals surface area contributed by atoms with Gasteiger partial charge in [-0.05, 0) is 53.7 Å². The number of carbonyl (C=O) groups excluding carboxylic acids is 1. The van der Waals surface area contributed by atoms with E-state index in [-0.39, 0.29) is 5.91 Å². The van der Waals surface area contributed by atoms with E-state index in [1.165, 1.54) is 29.8 Å². The molecule has 0 radical (unpaired) electrons. The van der Waals surface area contributed by atoms with Gasteiger partial charge in [-0.2, -0.15) is 0 Å². The SMILES string of the molecule is NCc1cccc(C2CCN(C(=O)C=Cc3cc(O)c(O)c(O)c3)CC2)c1. The molecule has 0 aromatic heterocycles. The van der Waals surface area contributed by atoms with Crippen molar-refractivity contribution in [2.24, 2.45) is 5.73 Å². The van der Waals surface area contributed by atoms with E-state index in [2.05, 4.69) is 12.1 Å². The summed E-state index contributed by atoms with van der Waals surface area (Å²) in [6, 6.07) is 10.9. The minimum Gasteiger partial charge on any atom is -0.504 e. The van der Waals surface area contributed by atoms with Crippen LogP contribution in [-0.4, -0.2) is 39.2 Å². The van der Waals surface area contributed by atoms with Gasteiger partial charge in [0.15, 0.2) is 17.2 Å². The number of rotatable bonds is 4. The van der Waals surface area contributed by atoms with Crippen LogP contribution in [0, 0.1) is 0 Å². The first-order valence-corrected chi connectivity index (χ1v) is 8.98. The van der Waals surface area contributed by atoms with Crippen molar-refractivity contribution in [1.29, 1.82) is 0 Å². The number of benzene rings is 2. The summed E-state index contributed by atoms with van der Waals surface area (Å²) in [5.74, 6) is -1.11. The van der Waals surface area contributed by atoms with Crippen LogP contribution in [0.1, 0.15) is 35.4 Å². The summed E-state index contributed by atoms with van der Waals surface area (Å²) in [5.41, 5.74) is 8.54. The first-order chi connectivity index (χ1) is 13.0. The highest BCUT2D eigenvalue weighted by Crippen LogP contribution is 2.35. The van der Waals surface area contributed by atoms with E-state index >= 15 is 0 Å². The van der Waals surface area contributed by atoms with Gasteiger partial charge in [0.25, 0.3) is 0 Å². The minimum absolute atomic E-state index is 0.115. The van der Waals surface area contributed by atoms with E-state index < -0.39 is 17.2 Å². The van der Waals surface area contributed by atoms with Crippen molar-refractivity contribution in [2.75, 3.05) is 13.1 Å². The Balaban J connectivity index is 1.60. The summed E-state index contributed by atoms with van der Waals surface area (Å²) in [6.45, 7) is 1.87. The molecule has 0 aliphatic carbocycles. The lowest BCUT2D eigenvalue weighted by Crippen LogP contribution is -2.36. The highest BCUT2D eigenvalue weighted by molar-refractivity contribution is 5.92. The van der Waals surface area contributed by atoms with Crippen molar-refractivity contribution in [2.45, 2.75) is 25.3 Å². The maximum absolute atomic E-state index is 12.4. The Morgan fingerprint density at radius 3 is 2.41 bits per heavy atom. The van der Waals surface area contributed by atoms with E-state index in [1.54, 1.807) is 4.90 Å². The Morgan fingerprint density at radius 1 is 1.11 bits per heavy atom. The number of nitrogens with two attached hydrogens (primary N) is 1. The predicted molar refractivity (Wildman–Crippen MR) is 103 cm³/mol. The highest BCUT2D eigenvalue weighted by Gasteiger charge is 2.22. The monoisotopic (exact) mass is 368 g/mol. The third kappa shape index (κ3) is 4.41. The molecule has 0 bridgehead atoms. The summed E-state index contributed by atoms with van der Waals surface area (Å²) in [4.78, 5) is 14.2. The lowest BCUT2D eigenvalue weighted by atomic mass is 9.88. The highest BCUT2D eigenvalue weighted by atomic mass is 16.3. The largest absolute Gasteiger partial charge is 0.504 e. The van der Waals surface area contributed by atoms with Crippen LogP contribution in [0.5, 0.6) is 17.2 Å². The molecule has 6 nitrogen and oxygen atoms in total. The number of aromatic hydroxyl groups is 3. The summed E-state index contributed by atoms with van der Waals surface area (Å²) in [5, 5.41) is 28.4. The van der Waals surface area contributed by atoms with Gasteiger partial charge in [-0.15, -0.1) is 0 Å². The summed E-state index contributed by atoms with van der Waals surface area (Å²) in [7, 11) is 0. The van der Waals surface area contributed by atoms with Gasteiger partial charge in [0.2, 0.25) is 5.91 Å². The van der Waals surface area contributed by atoms with Crippen molar-refractivity contribution in [3.63, 3.8) is 0 Å². The Morgan fingerprint density at radius 2 is 1.78 bits per heavy atom. The second-order valence-electron chi connectivity index (χ2n) is 6.79. The molecule has 1 heterocycles. The lowest BCUT2D eigenvalue weighted by Gasteiger charge is -2.31. The molecule has 5 N–H and O–H groups in total. The fourth-order valence-electron chi connectivity index (χ4n) is 3.40. The van der Waals surface area contributed by atoms with Crippen molar-refractivity contribution >= 4 is 12.0 Å². The first-order valence-electron chi connectivity index (χ1n) is 8.98. The quantitative estimate of drug-likeness (QED) is 0.490. The predicted octanol–water partition coefficient (Wildman–Crippen LogP) is 2.68. The molecule has 0 spiro atoms. The van der Waals surface area contributed by atoms with Crippen LogP contribution in [0.15, 0.2) is 42.5 Å². The lowest BCUT2D eigenvalue weighted by molar-refractivity contribution is -0.126. The molecule has 142 valence electrons. The van der Waals surface area contributed by atoms with Crippen LogP contribution in [0.25, 0.3) is 6.08 Å². The Hall–Kier alpha value is -2.99. The van der Waals surface area contributed by atoms with Gasteiger partial charge in [-0.25, -0.2) is 0 Å². The van der Waals surface area contributed by atoms with E-state index in [0.29, 0.717) is 31.1 Å². The third-order valence-electron chi connectivity index (χ3n) is 4.98. The summed E-state index contributed by atoms with van der Waals surface area (Å²) in [6.07, 6.45) is 4.72. The number of amides is 1. The Bertz CT molecular complexity index is 832. The Kier molecular flexibility index (Phi) is 5.66. The van der Waals surface area contributed by atoms with Crippen LogP contribution >= 0.6 is 0 Å². The molecule has 6 heteroatoms. The van der Waals surface area contributed by atoms with Crippen molar-refractivity contribution in [3.05, 3.63) is 59.2 Å². The maximum atomic E-state index is 12.4. The molecule has 0 unspecified atom stereocenters. The fourth-order valence-corrected chi connectivity index (χ4v) is 3.40. The molecule has 2 aromatic rings. The van der Waals surface area contributed by atoms with E-state index in [4.69, 9.17) is 5.73 Å². The van der Waals surface area contributed by atoms with Gasteiger partial charge in [0, 0.05) is 25.7 Å². The first kappa shape index (κ1) is 18.8. The number of carbonyl (C=O) groups is 1. The van der Waals surface area contributed by atoms with Gasteiger partial charge in [0.05, 0.1) is 0 Å². The van der Waals surface area contributed by atoms with Crippen LogP contribution in [0.2, 0.25) is 0 Å². The molecule has 1 fully saturated rings. The van der Waals surface area contributed by atoms with E-state index in [0.717, 1.165) is 18.4 Å². The molecule has 0 saturated carbocycles. The van der Waals surface area contributed by atoms with E-state index in [1.807, 2.05) is 12.1 Å². The van der Waals surface area contributed by atoms with E-state index in [9.17, 15) is 20.1 Å². The summed E-state index contributed by atoms with van der Waals surface area (Å²) < 4.78 is 0. The molecule has 1 saturated heterocycles. The molecule has 1 amide bonds. The molecule has 1 aliphatic heterocycles. The van der Waals surface area contributed by atoms with Gasteiger partial charge in [-0.1, -0.05) is 24.3 Å². The average molecular weight is 368 g/mol. The van der Waals surface area contributed by atoms with Crippen molar-refractivity contribution in [3.8, 4) is 17.2 Å². The second kappa shape index (κ2) is 8.14. The Labute approximate surface area is 158 Å². The zero-order valence-corrected chi connectivity index (χ0v) is 15.0. The topological polar surface area (TPSA) is 107 Å². The molecule has 2 aromatic carbocycles. The number of nitrogens with zero attached hydrogens (tertiary/aromatic N) is 1. The number of piperidine rings is 1. The average Bonchev–Trinajstić information content (AvgIpc) is 2.70. The van der Waals surface area contributed by atoms with Gasteiger partial charge in [-0.3, -0.25) is 4.79 Å². The number of phenols is 3. The van der Waals surface area contributed by atoms with Crippen LogP contribution in [0.4, 0.5) is 0 Å². The fraction of sp³-hybridized carbons (Fsp3) is 0.286. The van der Waals surface area contributed by atoms with Gasteiger partial charge in [0.1, 0.15) is 0 Å². The number of likely N-dealkylation sites (tertiary alicyclic amines) is 1. The standard InChI is InChI=1S/C21H24N2O4/c22-13-15-2-1-3-17(10-15)16-6-8-23(9-7-16)20(26)5-4-14-11-18(24)21(27)19(25)12-14/h1-5,10-12,16,24-25,27H,6-9,13,22H2.